The summed E-state index contributed by atoms with van der Waals surface area (Å²) in [4.78, 5) is 11.4. The average molecular weight is 287 g/mol. The van der Waals surface area contributed by atoms with Crippen molar-refractivity contribution in [2.75, 3.05) is 0 Å². The van der Waals surface area contributed by atoms with Crippen molar-refractivity contribution >= 4 is 16.9 Å². The van der Waals surface area contributed by atoms with Crippen LogP contribution in [-0.2, 0) is 13.0 Å². The van der Waals surface area contributed by atoms with E-state index in [4.69, 9.17) is 0 Å². The van der Waals surface area contributed by atoms with Gasteiger partial charge in [0.15, 0.2) is 0 Å². The van der Waals surface area contributed by atoms with Gasteiger partial charge in [-0.2, -0.15) is 0 Å². The predicted octanol–water partition coefficient (Wildman–Crippen LogP) is 4.71. The summed E-state index contributed by atoms with van der Waals surface area (Å²) in [6, 6.07) is 3.91. The third-order valence-electron chi connectivity index (χ3n) is 4.27. The number of aromatic nitrogens is 1. The molecule has 0 aliphatic heterocycles. The number of unbranched alkanes of at least 4 members (excludes halogenated alkanes) is 1. The van der Waals surface area contributed by atoms with Crippen molar-refractivity contribution < 1.29 is 9.90 Å². The Balaban J connectivity index is 2.71. The van der Waals surface area contributed by atoms with E-state index in [-0.39, 0.29) is 0 Å². The fraction of sp³-hybridized carbons (Fsp3) is 0.500. The van der Waals surface area contributed by atoms with Crippen molar-refractivity contribution in [1.29, 1.82) is 0 Å². The molecule has 1 aromatic heterocycles. The molecule has 114 valence electrons. The first-order valence-electron chi connectivity index (χ1n) is 7.86. The first kappa shape index (κ1) is 15.6. The van der Waals surface area contributed by atoms with E-state index >= 15 is 0 Å². The van der Waals surface area contributed by atoms with Gasteiger partial charge in [-0.25, -0.2) is 4.79 Å². The molecule has 0 aliphatic rings. The van der Waals surface area contributed by atoms with E-state index in [0.717, 1.165) is 43.3 Å². The van der Waals surface area contributed by atoms with Crippen LogP contribution in [0.2, 0.25) is 0 Å². The second kappa shape index (κ2) is 6.33. The number of aryl methyl sites for hydroxylation is 3. The number of carboxylic acid groups (broad SMARTS) is 1. The third-order valence-corrected chi connectivity index (χ3v) is 4.27. The van der Waals surface area contributed by atoms with Crippen LogP contribution in [0.5, 0.6) is 0 Å². The molecule has 1 N–H and O–H groups in total. The second-order valence-corrected chi connectivity index (χ2v) is 5.81. The van der Waals surface area contributed by atoms with E-state index in [1.165, 1.54) is 16.6 Å². The number of carbonyl (C=O) groups is 1. The maximum atomic E-state index is 11.4. The molecule has 0 atom stereocenters. The average Bonchev–Trinajstić information content (AvgIpc) is 2.68. The van der Waals surface area contributed by atoms with Crippen LogP contribution in [0.3, 0.4) is 0 Å². The molecule has 0 amide bonds. The zero-order valence-corrected chi connectivity index (χ0v) is 13.5. The van der Waals surface area contributed by atoms with Crippen LogP contribution in [0.15, 0.2) is 12.1 Å². The smallest absolute Gasteiger partial charge is 0.336 e. The summed E-state index contributed by atoms with van der Waals surface area (Å²) < 4.78 is 2.30. The van der Waals surface area contributed by atoms with Gasteiger partial charge in [-0.15, -0.1) is 0 Å². The Morgan fingerprint density at radius 1 is 1.19 bits per heavy atom. The Bertz CT molecular complexity index is 668. The normalized spacial score (nSPS) is 11.2. The van der Waals surface area contributed by atoms with Gasteiger partial charge >= 0.3 is 5.97 Å². The minimum Gasteiger partial charge on any atom is -0.478 e. The van der Waals surface area contributed by atoms with Gasteiger partial charge in [0.1, 0.15) is 0 Å². The lowest BCUT2D eigenvalue weighted by molar-refractivity contribution is 0.0696. The maximum Gasteiger partial charge on any atom is 0.336 e. The number of hydrogen-bond acceptors (Lipinski definition) is 1. The highest BCUT2D eigenvalue weighted by Gasteiger charge is 2.17. The van der Waals surface area contributed by atoms with E-state index in [0.29, 0.717) is 5.56 Å². The summed E-state index contributed by atoms with van der Waals surface area (Å²) in [5, 5.41) is 10.6. The van der Waals surface area contributed by atoms with Crippen molar-refractivity contribution in [3.8, 4) is 0 Å². The summed E-state index contributed by atoms with van der Waals surface area (Å²) in [6.07, 6.45) is 4.41. The van der Waals surface area contributed by atoms with Crippen molar-refractivity contribution in [1.82, 2.24) is 4.57 Å². The van der Waals surface area contributed by atoms with E-state index < -0.39 is 5.97 Å². The Kier molecular flexibility index (Phi) is 4.71. The van der Waals surface area contributed by atoms with Crippen LogP contribution < -0.4 is 0 Å². The quantitative estimate of drug-likeness (QED) is 0.836. The summed E-state index contributed by atoms with van der Waals surface area (Å²) in [7, 11) is 0. The number of carboxylic acids is 1. The Morgan fingerprint density at radius 3 is 2.48 bits per heavy atom. The van der Waals surface area contributed by atoms with E-state index in [9.17, 15) is 9.90 Å². The summed E-state index contributed by atoms with van der Waals surface area (Å²) in [5.74, 6) is -0.840. The van der Waals surface area contributed by atoms with Crippen LogP contribution in [0.25, 0.3) is 10.9 Å². The van der Waals surface area contributed by atoms with Crippen LogP contribution >= 0.6 is 0 Å². The molecule has 0 saturated carbocycles. The molecule has 0 fully saturated rings. The molecule has 0 saturated heterocycles. The number of rotatable bonds is 6. The number of benzene rings is 1. The van der Waals surface area contributed by atoms with Gasteiger partial charge in [-0.3, -0.25) is 0 Å². The standard InChI is InChI=1S/C18H25NO2/c1-5-7-9-19-13(4)14(8-6-2)16-10-12(3)15(18(20)21)11-17(16)19/h10-11H,5-9H2,1-4H3,(H,20,21). The lowest BCUT2D eigenvalue weighted by Crippen LogP contribution is -2.03. The molecule has 3 nitrogen and oxygen atoms in total. The highest BCUT2D eigenvalue weighted by atomic mass is 16.4. The highest BCUT2D eigenvalue weighted by molar-refractivity contribution is 5.96. The second-order valence-electron chi connectivity index (χ2n) is 5.81. The van der Waals surface area contributed by atoms with Crippen molar-refractivity contribution in [2.24, 2.45) is 0 Å². The lowest BCUT2D eigenvalue weighted by atomic mass is 10.0. The number of fused-ring (bicyclic) bond motifs is 1. The van der Waals surface area contributed by atoms with Crippen molar-refractivity contribution in [3.63, 3.8) is 0 Å². The van der Waals surface area contributed by atoms with Crippen LogP contribution in [0.4, 0.5) is 0 Å². The van der Waals surface area contributed by atoms with Gasteiger partial charge < -0.3 is 9.67 Å². The summed E-state index contributed by atoms with van der Waals surface area (Å²) in [6.45, 7) is 9.38. The lowest BCUT2D eigenvalue weighted by Gasteiger charge is -2.08. The molecule has 2 rings (SSSR count). The monoisotopic (exact) mass is 287 g/mol. The molecular formula is C18H25NO2. The van der Waals surface area contributed by atoms with Gasteiger partial charge in [-0.1, -0.05) is 26.7 Å². The molecular weight excluding hydrogens is 262 g/mol. The largest absolute Gasteiger partial charge is 0.478 e. The summed E-state index contributed by atoms with van der Waals surface area (Å²) in [5.41, 5.74) is 5.01. The van der Waals surface area contributed by atoms with Gasteiger partial charge in [0.25, 0.3) is 0 Å². The third kappa shape index (κ3) is 2.82. The van der Waals surface area contributed by atoms with Crippen LogP contribution in [0, 0.1) is 13.8 Å². The topological polar surface area (TPSA) is 42.2 Å². The highest BCUT2D eigenvalue weighted by Crippen LogP contribution is 2.30. The molecule has 1 heterocycles. The van der Waals surface area contributed by atoms with Crippen molar-refractivity contribution in [3.05, 3.63) is 34.5 Å². The van der Waals surface area contributed by atoms with Gasteiger partial charge in [-0.05, 0) is 49.9 Å². The molecule has 0 spiro atoms. The Hall–Kier alpha value is -1.77. The molecule has 0 unspecified atom stereocenters. The van der Waals surface area contributed by atoms with Crippen LogP contribution in [-0.4, -0.2) is 15.6 Å². The van der Waals surface area contributed by atoms with Crippen molar-refractivity contribution in [2.45, 2.75) is 59.9 Å². The summed E-state index contributed by atoms with van der Waals surface area (Å²) >= 11 is 0. The molecule has 2 aromatic rings. The van der Waals surface area contributed by atoms with Gasteiger partial charge in [0.05, 0.1) is 5.56 Å². The fourth-order valence-corrected chi connectivity index (χ4v) is 3.10. The van der Waals surface area contributed by atoms with Gasteiger partial charge in [0, 0.05) is 23.1 Å². The fourth-order valence-electron chi connectivity index (χ4n) is 3.10. The predicted molar refractivity (Wildman–Crippen MR) is 87.3 cm³/mol. The zero-order valence-electron chi connectivity index (χ0n) is 13.5. The molecule has 0 bridgehead atoms. The molecule has 21 heavy (non-hydrogen) atoms. The van der Waals surface area contributed by atoms with Crippen LogP contribution in [0.1, 0.15) is 60.3 Å². The molecule has 1 aromatic carbocycles. The zero-order chi connectivity index (χ0) is 15.6. The first-order valence-corrected chi connectivity index (χ1v) is 7.86. The molecule has 0 aliphatic carbocycles. The molecule has 3 heteroatoms. The number of hydrogen-bond donors (Lipinski definition) is 1. The Labute approximate surface area is 126 Å². The van der Waals surface area contributed by atoms with E-state index in [1.807, 2.05) is 13.0 Å². The maximum absolute atomic E-state index is 11.4. The number of aromatic carboxylic acids is 1. The van der Waals surface area contributed by atoms with Gasteiger partial charge in [0.2, 0.25) is 0 Å². The Morgan fingerprint density at radius 2 is 1.90 bits per heavy atom. The van der Waals surface area contributed by atoms with E-state index in [2.05, 4.69) is 31.4 Å². The SMILES string of the molecule is CCCCn1c(C)c(CCC)c2cc(C)c(C(=O)O)cc21. The minimum absolute atomic E-state index is 0.417. The number of nitrogens with zero attached hydrogens (tertiary/aromatic N) is 1. The van der Waals surface area contributed by atoms with E-state index in [1.54, 1.807) is 0 Å². The minimum atomic E-state index is -0.840. The molecule has 0 radical (unpaired) electrons. The first-order chi connectivity index (χ1) is 10.0.